The maximum Gasteiger partial charge on any atom is 0.329 e. The first-order valence-electron chi connectivity index (χ1n) is 9.45. The minimum Gasteiger partial charge on any atom is -0.319 e. The zero-order chi connectivity index (χ0) is 18.3. The normalized spacial score (nSPS) is 29.2. The van der Waals surface area contributed by atoms with Crippen molar-refractivity contribution < 1.29 is 14.5 Å². The van der Waals surface area contributed by atoms with E-state index < -0.39 is 5.54 Å². The number of nitrogens with one attached hydrogen (secondary N) is 2. The Balaban J connectivity index is 1.63. The van der Waals surface area contributed by atoms with Crippen LogP contribution in [-0.4, -0.2) is 36.6 Å². The monoisotopic (exact) mass is 352 g/mol. The Morgan fingerprint density at radius 1 is 1.12 bits per heavy atom. The molecule has 0 unspecified atom stereocenters. The van der Waals surface area contributed by atoms with Crippen LogP contribution in [0.3, 0.4) is 0 Å². The molecule has 2 heterocycles. The van der Waals surface area contributed by atoms with E-state index >= 15 is 0 Å². The number of amides is 3. The molecular weight excluding hydrogens is 326 g/mol. The van der Waals surface area contributed by atoms with Gasteiger partial charge in [0.25, 0.3) is 5.91 Å². The van der Waals surface area contributed by atoms with Crippen molar-refractivity contribution in [1.29, 1.82) is 0 Å². The number of carbonyl (C=O) groups excluding carboxylic acids is 2. The Morgan fingerprint density at radius 2 is 1.81 bits per heavy atom. The third-order valence-electron chi connectivity index (χ3n) is 5.97. The third-order valence-corrected chi connectivity index (χ3v) is 5.97. The lowest BCUT2D eigenvalue weighted by molar-refractivity contribution is -0.913. The van der Waals surface area contributed by atoms with Crippen LogP contribution >= 0.6 is 0 Å². The summed E-state index contributed by atoms with van der Waals surface area (Å²) in [4.78, 5) is 28.6. The third kappa shape index (κ3) is 2.76. The first-order valence-corrected chi connectivity index (χ1v) is 9.45. The lowest BCUT2D eigenvalue weighted by atomic mass is 9.88. The zero-order valence-electron chi connectivity index (χ0n) is 15.4. The average molecular weight is 352 g/mol. The zero-order valence-corrected chi connectivity index (χ0v) is 15.4. The summed E-state index contributed by atoms with van der Waals surface area (Å²) in [6.07, 6.45) is 2.30. The molecule has 0 saturated carbocycles. The van der Waals surface area contributed by atoms with E-state index in [1.807, 2.05) is 49.4 Å². The van der Waals surface area contributed by atoms with Gasteiger partial charge in [0.2, 0.25) is 0 Å². The second-order valence-corrected chi connectivity index (χ2v) is 7.91. The molecule has 136 valence electrons. The molecule has 2 fully saturated rings. The van der Waals surface area contributed by atoms with Crippen LogP contribution in [0, 0.1) is 5.92 Å². The molecule has 1 atom stereocenters. The van der Waals surface area contributed by atoms with Gasteiger partial charge in [0.1, 0.15) is 5.54 Å². The van der Waals surface area contributed by atoms with Gasteiger partial charge >= 0.3 is 6.03 Å². The van der Waals surface area contributed by atoms with Gasteiger partial charge in [-0.05, 0) is 42.0 Å². The van der Waals surface area contributed by atoms with Crippen LogP contribution in [-0.2, 0) is 10.3 Å². The summed E-state index contributed by atoms with van der Waals surface area (Å²) in [7, 11) is 0. The van der Waals surface area contributed by atoms with Crippen molar-refractivity contribution >= 4 is 22.7 Å². The first kappa shape index (κ1) is 17.0. The summed E-state index contributed by atoms with van der Waals surface area (Å²) in [6.45, 7) is 6.58. The van der Waals surface area contributed by atoms with Gasteiger partial charge in [-0.25, -0.2) is 9.69 Å². The lowest BCUT2D eigenvalue weighted by Crippen LogP contribution is -3.14. The van der Waals surface area contributed by atoms with E-state index in [-0.39, 0.29) is 11.9 Å². The number of benzene rings is 2. The van der Waals surface area contributed by atoms with Crippen LogP contribution < -0.4 is 10.2 Å². The van der Waals surface area contributed by atoms with E-state index in [2.05, 4.69) is 12.2 Å². The van der Waals surface area contributed by atoms with E-state index in [4.69, 9.17) is 0 Å². The van der Waals surface area contributed by atoms with Gasteiger partial charge in [-0.2, -0.15) is 0 Å². The molecular formula is C21H26N3O2+. The highest BCUT2D eigenvalue weighted by atomic mass is 16.2. The van der Waals surface area contributed by atoms with Crippen LogP contribution in [0.15, 0.2) is 42.5 Å². The predicted octanol–water partition coefficient (Wildman–Crippen LogP) is 1.88. The first-order chi connectivity index (χ1) is 12.5. The summed E-state index contributed by atoms with van der Waals surface area (Å²) in [6, 6.07) is 13.6. The summed E-state index contributed by atoms with van der Waals surface area (Å²) >= 11 is 0. The van der Waals surface area contributed by atoms with E-state index in [1.165, 1.54) is 9.80 Å². The quantitative estimate of drug-likeness (QED) is 0.829. The second-order valence-electron chi connectivity index (χ2n) is 7.91. The number of piperidine rings is 1. The van der Waals surface area contributed by atoms with Crippen LogP contribution in [0.2, 0.25) is 0 Å². The van der Waals surface area contributed by atoms with E-state index in [0.717, 1.165) is 48.2 Å². The highest BCUT2D eigenvalue weighted by molar-refractivity contribution is 6.09. The molecule has 2 aromatic rings. The summed E-state index contributed by atoms with van der Waals surface area (Å²) in [5.74, 6) is 0.591. The molecule has 0 aliphatic carbocycles. The molecule has 0 aromatic heterocycles. The number of quaternary nitrogens is 1. The average Bonchev–Trinajstić information content (AvgIpc) is 2.87. The molecule has 0 spiro atoms. The topological polar surface area (TPSA) is 53.9 Å². The molecule has 4 rings (SSSR count). The van der Waals surface area contributed by atoms with Gasteiger partial charge < -0.3 is 10.2 Å². The van der Waals surface area contributed by atoms with E-state index in [0.29, 0.717) is 6.67 Å². The number of hydrogen-bond donors (Lipinski definition) is 2. The van der Waals surface area contributed by atoms with Gasteiger partial charge in [-0.15, -0.1) is 0 Å². The number of urea groups is 1. The van der Waals surface area contributed by atoms with Crippen LogP contribution in [0.5, 0.6) is 0 Å². The maximum absolute atomic E-state index is 13.2. The van der Waals surface area contributed by atoms with Crippen molar-refractivity contribution in [1.82, 2.24) is 10.2 Å². The Kier molecular flexibility index (Phi) is 4.19. The molecule has 3 amide bonds. The molecule has 5 nitrogen and oxygen atoms in total. The van der Waals surface area contributed by atoms with Gasteiger partial charge in [0.05, 0.1) is 13.1 Å². The molecule has 2 aliphatic heterocycles. The molecule has 2 aliphatic rings. The molecule has 0 bridgehead atoms. The number of likely N-dealkylation sites (tertiary alicyclic amines) is 1. The van der Waals surface area contributed by atoms with Crippen LogP contribution in [0.4, 0.5) is 4.79 Å². The Hall–Kier alpha value is -2.40. The number of carbonyl (C=O) groups is 2. The maximum atomic E-state index is 13.2. The van der Waals surface area contributed by atoms with Crippen LogP contribution in [0.1, 0.15) is 32.3 Å². The fraction of sp³-hybridized carbons (Fsp3) is 0.429. The number of hydrogen-bond acceptors (Lipinski definition) is 2. The highest BCUT2D eigenvalue weighted by Crippen LogP contribution is 2.33. The predicted molar refractivity (Wildman–Crippen MR) is 101 cm³/mol. The number of rotatable bonds is 3. The largest absolute Gasteiger partial charge is 0.329 e. The smallest absolute Gasteiger partial charge is 0.319 e. The molecule has 0 radical (unpaired) electrons. The van der Waals surface area contributed by atoms with Gasteiger partial charge in [-0.3, -0.25) is 4.79 Å². The van der Waals surface area contributed by atoms with Crippen molar-refractivity contribution in [2.75, 3.05) is 19.8 Å². The van der Waals surface area contributed by atoms with Gasteiger partial charge in [0.15, 0.2) is 6.67 Å². The van der Waals surface area contributed by atoms with Crippen molar-refractivity contribution in [2.24, 2.45) is 5.92 Å². The van der Waals surface area contributed by atoms with Gasteiger partial charge in [0, 0.05) is 0 Å². The number of nitrogens with zero attached hydrogens (tertiary/aromatic N) is 1. The van der Waals surface area contributed by atoms with Crippen molar-refractivity contribution in [3.63, 3.8) is 0 Å². The molecule has 2 N–H and O–H groups in total. The molecule has 2 saturated heterocycles. The minimum atomic E-state index is -1.01. The molecule has 2 aromatic carbocycles. The highest BCUT2D eigenvalue weighted by Gasteiger charge is 2.50. The van der Waals surface area contributed by atoms with E-state index in [1.54, 1.807) is 0 Å². The van der Waals surface area contributed by atoms with Crippen LogP contribution in [0.25, 0.3) is 10.8 Å². The number of fused-ring (bicyclic) bond motifs is 1. The molecule has 26 heavy (non-hydrogen) atoms. The van der Waals surface area contributed by atoms with Crippen molar-refractivity contribution in [2.45, 2.75) is 32.2 Å². The fourth-order valence-corrected chi connectivity index (χ4v) is 4.24. The SMILES string of the molecule is CC1CC[NH+](CN2C(=O)N[C@@](C)(c3cccc4ccccc34)C2=O)CC1. The van der Waals surface area contributed by atoms with Crippen molar-refractivity contribution in [3.05, 3.63) is 48.0 Å². The summed E-state index contributed by atoms with van der Waals surface area (Å²) in [5.41, 5.74) is -0.154. The fourth-order valence-electron chi connectivity index (χ4n) is 4.24. The van der Waals surface area contributed by atoms with Gasteiger partial charge in [-0.1, -0.05) is 49.4 Å². The van der Waals surface area contributed by atoms with E-state index in [9.17, 15) is 9.59 Å². The van der Waals surface area contributed by atoms with Crippen molar-refractivity contribution in [3.8, 4) is 0 Å². The molecule has 5 heteroatoms. The number of imide groups is 1. The second kappa shape index (κ2) is 6.40. The lowest BCUT2D eigenvalue weighted by Gasteiger charge is -2.30. The summed E-state index contributed by atoms with van der Waals surface area (Å²) < 4.78 is 0. The minimum absolute atomic E-state index is 0.148. The Bertz CT molecular complexity index is 852. The summed E-state index contributed by atoms with van der Waals surface area (Å²) in [5, 5.41) is 5.04. The Labute approximate surface area is 154 Å². The standard InChI is InChI=1S/C21H25N3O2/c1-15-10-12-23(13-11-15)14-24-19(25)21(2,22-20(24)26)18-9-5-7-16-6-3-4-8-17(16)18/h3-9,15H,10-14H2,1-2H3,(H,22,26)/p+1/t21-/m0/s1. The Morgan fingerprint density at radius 3 is 2.58 bits per heavy atom.